The van der Waals surface area contributed by atoms with Crippen LogP contribution in [0.2, 0.25) is 0 Å². The standard InChI is InChI=1S/C11H16N2O3S/c1-7(2)9-5-13-6-10(16-8-3-4-8)11(9)17(12,14)15/h5-8H,3-4H2,1-2H3,(H2,12,14,15). The van der Waals surface area contributed by atoms with Gasteiger partial charge < -0.3 is 4.74 Å². The van der Waals surface area contributed by atoms with Gasteiger partial charge in [-0.1, -0.05) is 13.8 Å². The number of nitrogens with two attached hydrogens (primary N) is 1. The molecule has 0 radical (unpaired) electrons. The van der Waals surface area contributed by atoms with Gasteiger partial charge in [0.2, 0.25) is 10.0 Å². The molecule has 5 nitrogen and oxygen atoms in total. The number of aromatic nitrogens is 1. The fourth-order valence-electron chi connectivity index (χ4n) is 1.61. The van der Waals surface area contributed by atoms with E-state index in [1.54, 1.807) is 0 Å². The van der Waals surface area contributed by atoms with Crippen molar-refractivity contribution in [1.82, 2.24) is 4.98 Å². The van der Waals surface area contributed by atoms with E-state index in [4.69, 9.17) is 9.88 Å². The molecule has 1 aromatic rings. The van der Waals surface area contributed by atoms with Gasteiger partial charge in [0.05, 0.1) is 12.3 Å². The molecule has 0 unspecified atom stereocenters. The molecule has 0 atom stereocenters. The lowest BCUT2D eigenvalue weighted by atomic mass is 10.1. The molecule has 2 N–H and O–H groups in total. The summed E-state index contributed by atoms with van der Waals surface area (Å²) in [7, 11) is -3.79. The Labute approximate surface area is 101 Å². The molecular weight excluding hydrogens is 240 g/mol. The zero-order valence-corrected chi connectivity index (χ0v) is 10.7. The van der Waals surface area contributed by atoms with E-state index >= 15 is 0 Å². The van der Waals surface area contributed by atoms with Crippen LogP contribution in [0.3, 0.4) is 0 Å². The maximum atomic E-state index is 11.7. The molecular formula is C11H16N2O3S. The summed E-state index contributed by atoms with van der Waals surface area (Å²) in [6.07, 6.45) is 4.97. The van der Waals surface area contributed by atoms with Crippen molar-refractivity contribution in [3.63, 3.8) is 0 Å². The molecule has 1 saturated carbocycles. The van der Waals surface area contributed by atoms with E-state index in [-0.39, 0.29) is 22.7 Å². The maximum Gasteiger partial charge on any atom is 0.242 e. The van der Waals surface area contributed by atoms with Crippen molar-refractivity contribution in [3.05, 3.63) is 18.0 Å². The summed E-state index contributed by atoms with van der Waals surface area (Å²) in [5, 5.41) is 5.26. The summed E-state index contributed by atoms with van der Waals surface area (Å²) in [6.45, 7) is 3.79. The first-order valence-electron chi connectivity index (χ1n) is 5.57. The second-order valence-electron chi connectivity index (χ2n) is 4.57. The van der Waals surface area contributed by atoms with E-state index in [1.165, 1.54) is 12.4 Å². The summed E-state index contributed by atoms with van der Waals surface area (Å²) < 4.78 is 28.9. The van der Waals surface area contributed by atoms with Gasteiger partial charge in [0.25, 0.3) is 0 Å². The smallest absolute Gasteiger partial charge is 0.242 e. The first kappa shape index (κ1) is 12.3. The third-order valence-electron chi connectivity index (χ3n) is 2.62. The Balaban J connectivity index is 2.53. The summed E-state index contributed by atoms with van der Waals surface area (Å²) in [5.74, 6) is 0.305. The topological polar surface area (TPSA) is 82.3 Å². The van der Waals surface area contributed by atoms with Crippen LogP contribution >= 0.6 is 0 Å². The van der Waals surface area contributed by atoms with Gasteiger partial charge in [0.1, 0.15) is 4.90 Å². The van der Waals surface area contributed by atoms with Crippen molar-refractivity contribution in [2.45, 2.75) is 43.6 Å². The van der Waals surface area contributed by atoms with Crippen LogP contribution in [0.25, 0.3) is 0 Å². The largest absolute Gasteiger partial charge is 0.487 e. The Morgan fingerprint density at radius 3 is 2.53 bits per heavy atom. The summed E-state index contributed by atoms with van der Waals surface area (Å²) >= 11 is 0. The van der Waals surface area contributed by atoms with Gasteiger partial charge in [-0.2, -0.15) is 0 Å². The Kier molecular flexibility index (Phi) is 3.09. The average Bonchev–Trinajstić information content (AvgIpc) is 2.99. The van der Waals surface area contributed by atoms with Crippen LogP contribution in [0, 0.1) is 0 Å². The summed E-state index contributed by atoms with van der Waals surface area (Å²) in [6, 6.07) is 0. The molecule has 0 amide bonds. The number of hydrogen-bond donors (Lipinski definition) is 1. The molecule has 1 heterocycles. The lowest BCUT2D eigenvalue weighted by molar-refractivity contribution is 0.293. The molecule has 1 fully saturated rings. The first-order chi connectivity index (χ1) is 7.89. The molecule has 1 aliphatic rings. The maximum absolute atomic E-state index is 11.7. The second kappa shape index (κ2) is 4.27. The van der Waals surface area contributed by atoms with Gasteiger partial charge in [-0.3, -0.25) is 4.98 Å². The van der Waals surface area contributed by atoms with E-state index in [0.717, 1.165) is 12.8 Å². The van der Waals surface area contributed by atoms with Crippen LogP contribution < -0.4 is 9.88 Å². The van der Waals surface area contributed by atoms with Gasteiger partial charge in [-0.15, -0.1) is 0 Å². The van der Waals surface area contributed by atoms with Crippen LogP contribution in [0.1, 0.15) is 38.2 Å². The van der Waals surface area contributed by atoms with Gasteiger partial charge >= 0.3 is 0 Å². The number of primary sulfonamides is 1. The van der Waals surface area contributed by atoms with Gasteiger partial charge in [0.15, 0.2) is 5.75 Å². The first-order valence-corrected chi connectivity index (χ1v) is 7.11. The monoisotopic (exact) mass is 256 g/mol. The highest BCUT2D eigenvalue weighted by Crippen LogP contribution is 2.34. The quantitative estimate of drug-likeness (QED) is 0.882. The predicted molar refractivity (Wildman–Crippen MR) is 63.3 cm³/mol. The fraction of sp³-hybridized carbons (Fsp3) is 0.545. The lowest BCUT2D eigenvalue weighted by Crippen LogP contribution is -2.17. The molecule has 6 heteroatoms. The third-order valence-corrected chi connectivity index (χ3v) is 3.62. The van der Waals surface area contributed by atoms with E-state index in [9.17, 15) is 8.42 Å². The summed E-state index contributed by atoms with van der Waals surface area (Å²) in [5.41, 5.74) is 0.602. The highest BCUT2D eigenvalue weighted by molar-refractivity contribution is 7.89. The Hall–Kier alpha value is -1.14. The zero-order chi connectivity index (χ0) is 12.6. The number of hydrogen-bond acceptors (Lipinski definition) is 4. The van der Waals surface area contributed by atoms with Crippen LogP contribution in [-0.4, -0.2) is 19.5 Å². The minimum atomic E-state index is -3.79. The number of pyridine rings is 1. The van der Waals surface area contributed by atoms with Crippen LogP contribution in [-0.2, 0) is 10.0 Å². The van der Waals surface area contributed by atoms with E-state index < -0.39 is 10.0 Å². The normalized spacial score (nSPS) is 16.2. The van der Waals surface area contributed by atoms with E-state index in [2.05, 4.69) is 4.98 Å². The van der Waals surface area contributed by atoms with Crippen molar-refractivity contribution in [1.29, 1.82) is 0 Å². The molecule has 0 saturated heterocycles. The lowest BCUT2D eigenvalue weighted by Gasteiger charge is -2.15. The number of nitrogens with zero attached hydrogens (tertiary/aromatic N) is 1. The second-order valence-corrected chi connectivity index (χ2v) is 6.07. The SMILES string of the molecule is CC(C)c1cncc(OC2CC2)c1S(N)(=O)=O. The molecule has 0 bridgehead atoms. The van der Waals surface area contributed by atoms with Crippen molar-refractivity contribution in [3.8, 4) is 5.75 Å². The molecule has 1 aromatic heterocycles. The molecule has 2 rings (SSSR count). The average molecular weight is 256 g/mol. The molecule has 1 aliphatic carbocycles. The van der Waals surface area contributed by atoms with Crippen molar-refractivity contribution in [2.75, 3.05) is 0 Å². The van der Waals surface area contributed by atoms with Crippen molar-refractivity contribution >= 4 is 10.0 Å². The van der Waals surface area contributed by atoms with Crippen LogP contribution in [0.15, 0.2) is 17.3 Å². The number of rotatable bonds is 4. The van der Waals surface area contributed by atoms with Gasteiger partial charge in [-0.05, 0) is 24.3 Å². The molecule has 0 aliphatic heterocycles. The minimum Gasteiger partial charge on any atom is -0.487 e. The van der Waals surface area contributed by atoms with Crippen LogP contribution in [0.4, 0.5) is 0 Å². The Morgan fingerprint density at radius 1 is 1.41 bits per heavy atom. The van der Waals surface area contributed by atoms with Crippen molar-refractivity contribution < 1.29 is 13.2 Å². The Morgan fingerprint density at radius 2 is 2.06 bits per heavy atom. The van der Waals surface area contributed by atoms with Gasteiger partial charge in [-0.25, -0.2) is 13.6 Å². The van der Waals surface area contributed by atoms with Gasteiger partial charge in [0, 0.05) is 6.20 Å². The molecule has 17 heavy (non-hydrogen) atoms. The van der Waals surface area contributed by atoms with Crippen LogP contribution in [0.5, 0.6) is 5.75 Å². The number of sulfonamides is 1. The fourth-order valence-corrected chi connectivity index (χ4v) is 2.61. The predicted octanol–water partition coefficient (Wildman–Crippen LogP) is 1.39. The zero-order valence-electron chi connectivity index (χ0n) is 9.88. The number of ether oxygens (including phenoxy) is 1. The highest BCUT2D eigenvalue weighted by atomic mass is 32.2. The third kappa shape index (κ3) is 2.76. The minimum absolute atomic E-state index is 0.0265. The highest BCUT2D eigenvalue weighted by Gasteiger charge is 2.28. The van der Waals surface area contributed by atoms with E-state index in [1.807, 2.05) is 13.8 Å². The van der Waals surface area contributed by atoms with Crippen molar-refractivity contribution in [2.24, 2.45) is 5.14 Å². The molecule has 0 aromatic carbocycles. The Bertz CT molecular complexity index is 522. The molecule has 94 valence electrons. The van der Waals surface area contributed by atoms with E-state index in [0.29, 0.717) is 5.56 Å². The summed E-state index contributed by atoms with van der Waals surface area (Å²) in [4.78, 5) is 4.09. The molecule has 0 spiro atoms.